The van der Waals surface area contributed by atoms with Crippen molar-refractivity contribution < 1.29 is 20.1 Å². The summed E-state index contributed by atoms with van der Waals surface area (Å²) >= 11 is 0. The quantitative estimate of drug-likeness (QED) is 0.414. The Balaban J connectivity index is 1.57. The van der Waals surface area contributed by atoms with Crippen LogP contribution < -0.4 is 0 Å². The fourth-order valence-corrected chi connectivity index (χ4v) is 5.10. The number of nitrogens with zero attached hydrogens (tertiary/aromatic N) is 3. The molecule has 0 spiro atoms. The van der Waals surface area contributed by atoms with Crippen molar-refractivity contribution in [2.75, 3.05) is 32.8 Å². The van der Waals surface area contributed by atoms with Gasteiger partial charge in [0.1, 0.15) is 17.5 Å². The van der Waals surface area contributed by atoms with Gasteiger partial charge in [0, 0.05) is 45.1 Å². The summed E-state index contributed by atoms with van der Waals surface area (Å²) in [5.74, 6) is 0.578. The first-order valence-electron chi connectivity index (χ1n) is 13.0. The molecule has 0 radical (unpaired) electrons. The van der Waals surface area contributed by atoms with Crippen LogP contribution in [-0.2, 0) is 4.74 Å². The lowest BCUT2D eigenvalue weighted by atomic mass is 9.87. The lowest BCUT2D eigenvalue weighted by Crippen LogP contribution is -2.42. The van der Waals surface area contributed by atoms with Gasteiger partial charge in [0.25, 0.3) is 0 Å². The molecule has 2 heterocycles. The van der Waals surface area contributed by atoms with E-state index >= 15 is 0 Å². The average Bonchev–Trinajstić information content (AvgIpc) is 3.39. The van der Waals surface area contributed by atoms with Crippen LogP contribution in [-0.4, -0.2) is 74.3 Å². The summed E-state index contributed by atoms with van der Waals surface area (Å²) < 4.78 is 8.74. The molecule has 0 bridgehead atoms. The van der Waals surface area contributed by atoms with Gasteiger partial charge in [-0.3, -0.25) is 0 Å². The molecule has 3 N–H and O–H groups in total. The van der Waals surface area contributed by atoms with Gasteiger partial charge >= 0.3 is 0 Å². The molecule has 36 heavy (non-hydrogen) atoms. The zero-order valence-electron chi connectivity index (χ0n) is 21.1. The van der Waals surface area contributed by atoms with Crippen LogP contribution in [0.1, 0.15) is 56.1 Å². The van der Waals surface area contributed by atoms with Crippen LogP contribution in [0.25, 0.3) is 5.57 Å². The monoisotopic (exact) mass is 493 g/mol. The van der Waals surface area contributed by atoms with E-state index in [0.717, 1.165) is 25.9 Å². The van der Waals surface area contributed by atoms with Crippen LogP contribution >= 0.6 is 0 Å². The number of aromatic nitrogens is 2. The Kier molecular flexibility index (Phi) is 9.29. The molecule has 7 nitrogen and oxygen atoms in total. The molecule has 1 aliphatic heterocycles. The van der Waals surface area contributed by atoms with Crippen LogP contribution in [0.3, 0.4) is 0 Å². The zero-order chi connectivity index (χ0) is 25.4. The maximum atomic E-state index is 10.2. The van der Waals surface area contributed by atoms with Gasteiger partial charge in [0.2, 0.25) is 0 Å². The van der Waals surface area contributed by atoms with Crippen LogP contribution in [0, 0.1) is 0 Å². The molecule has 2 aromatic rings. The zero-order valence-corrected chi connectivity index (χ0v) is 21.1. The minimum atomic E-state index is -0.699. The maximum Gasteiger partial charge on any atom is 0.137 e. The van der Waals surface area contributed by atoms with Gasteiger partial charge in [-0.1, -0.05) is 54.6 Å². The molecule has 4 rings (SSSR count). The lowest BCUT2D eigenvalue weighted by Gasteiger charge is -2.38. The maximum absolute atomic E-state index is 10.2. The molecule has 0 saturated carbocycles. The number of hydrogen-bond acceptors (Lipinski definition) is 6. The highest BCUT2D eigenvalue weighted by Crippen LogP contribution is 2.34. The number of rotatable bonds is 11. The van der Waals surface area contributed by atoms with Crippen molar-refractivity contribution in [2.24, 2.45) is 0 Å². The minimum absolute atomic E-state index is 0.0253. The van der Waals surface area contributed by atoms with Crippen molar-refractivity contribution in [3.05, 3.63) is 84.5 Å². The van der Waals surface area contributed by atoms with E-state index < -0.39 is 11.7 Å². The number of likely N-dealkylation sites (tertiary alicyclic amines) is 1. The van der Waals surface area contributed by atoms with Gasteiger partial charge in [-0.25, -0.2) is 4.98 Å². The Hall–Kier alpha value is -2.55. The summed E-state index contributed by atoms with van der Waals surface area (Å²) in [4.78, 5) is 6.59. The second kappa shape index (κ2) is 12.6. The van der Waals surface area contributed by atoms with E-state index in [9.17, 15) is 15.3 Å². The molecular weight excluding hydrogens is 454 g/mol. The third-order valence-corrected chi connectivity index (χ3v) is 7.08. The topological polar surface area (TPSA) is 91.0 Å². The van der Waals surface area contributed by atoms with E-state index in [0.29, 0.717) is 25.2 Å². The first-order valence-corrected chi connectivity index (χ1v) is 13.0. The molecule has 7 heteroatoms. The number of allylic oxidation sites excluding steroid dienone is 3. The van der Waals surface area contributed by atoms with E-state index in [2.05, 4.69) is 52.4 Å². The number of hydrogen-bond donors (Lipinski definition) is 3. The summed E-state index contributed by atoms with van der Waals surface area (Å²) in [5.41, 5.74) is 1.77. The molecule has 194 valence electrons. The summed E-state index contributed by atoms with van der Waals surface area (Å²) in [6.45, 7) is 4.45. The predicted molar refractivity (Wildman–Crippen MR) is 141 cm³/mol. The van der Waals surface area contributed by atoms with Gasteiger partial charge in [-0.2, -0.15) is 0 Å². The number of β-amino-alcohol motifs (C(OH)–C–C–N with tert-alkyl or cyclic N) is 1. The largest absolute Gasteiger partial charge is 0.396 e. The lowest BCUT2D eigenvalue weighted by molar-refractivity contribution is -0.0608. The number of aliphatic hydroxyl groups is 3. The summed E-state index contributed by atoms with van der Waals surface area (Å²) in [6.07, 6.45) is 16.8. The summed E-state index contributed by atoms with van der Waals surface area (Å²) in [6, 6.07) is 10.2. The summed E-state index contributed by atoms with van der Waals surface area (Å²) in [7, 11) is 0. The Bertz CT molecular complexity index is 1040. The highest BCUT2D eigenvalue weighted by molar-refractivity contribution is 5.75. The Labute approximate surface area is 214 Å². The standard InChI is InChI=1S/C29H39N3O4/c1-23(35)28-30-16-19-32(28)26(12-21-33)9-15-29(36-27-10-17-31(18-11-27)20-22-34)13-7-25(8-14-29)24-5-3-2-4-6-24/h2-9,13,15-16,19,23,26-27,33-35H,10-12,14,17-18,20-22H2,1H3/b15-9+. The van der Waals surface area contributed by atoms with Gasteiger partial charge in [-0.15, -0.1) is 0 Å². The van der Waals surface area contributed by atoms with Crippen molar-refractivity contribution in [1.29, 1.82) is 0 Å². The first kappa shape index (κ1) is 26.5. The van der Waals surface area contributed by atoms with Crippen LogP contribution in [0.2, 0.25) is 0 Å². The number of ether oxygens (including phenoxy) is 1. The summed E-state index contributed by atoms with van der Waals surface area (Å²) in [5, 5.41) is 29.2. The smallest absolute Gasteiger partial charge is 0.137 e. The van der Waals surface area contributed by atoms with Gasteiger partial charge < -0.3 is 29.5 Å². The highest BCUT2D eigenvalue weighted by Gasteiger charge is 2.32. The van der Waals surface area contributed by atoms with Crippen LogP contribution in [0.5, 0.6) is 0 Å². The van der Waals surface area contributed by atoms with E-state index in [1.165, 1.54) is 11.1 Å². The number of piperidine rings is 1. The molecule has 1 aromatic carbocycles. The molecule has 1 fully saturated rings. The Morgan fingerprint density at radius 3 is 2.58 bits per heavy atom. The molecule has 2 aliphatic rings. The average molecular weight is 494 g/mol. The van der Waals surface area contributed by atoms with E-state index in [1.54, 1.807) is 13.1 Å². The predicted octanol–water partition coefficient (Wildman–Crippen LogP) is 3.67. The van der Waals surface area contributed by atoms with E-state index in [4.69, 9.17) is 4.74 Å². The van der Waals surface area contributed by atoms with Crippen molar-refractivity contribution in [3.63, 3.8) is 0 Å². The molecule has 1 aliphatic carbocycles. The van der Waals surface area contributed by atoms with Crippen LogP contribution in [0.4, 0.5) is 0 Å². The molecule has 1 aromatic heterocycles. The van der Waals surface area contributed by atoms with Crippen LogP contribution in [0.15, 0.2) is 73.1 Å². The fraction of sp³-hybridized carbons (Fsp3) is 0.483. The molecular formula is C29H39N3O4. The van der Waals surface area contributed by atoms with E-state index in [-0.39, 0.29) is 25.4 Å². The van der Waals surface area contributed by atoms with Gasteiger partial charge in [0.15, 0.2) is 0 Å². The van der Waals surface area contributed by atoms with Crippen molar-refractivity contribution in [3.8, 4) is 0 Å². The van der Waals surface area contributed by atoms with E-state index in [1.807, 2.05) is 29.0 Å². The Morgan fingerprint density at radius 2 is 1.94 bits per heavy atom. The van der Waals surface area contributed by atoms with Gasteiger partial charge in [0.05, 0.1) is 18.8 Å². The molecule has 0 amide bonds. The third kappa shape index (κ3) is 6.60. The fourth-order valence-electron chi connectivity index (χ4n) is 5.10. The van der Waals surface area contributed by atoms with Crippen molar-refractivity contribution in [1.82, 2.24) is 14.5 Å². The van der Waals surface area contributed by atoms with Crippen molar-refractivity contribution in [2.45, 2.75) is 56.5 Å². The molecule has 3 atom stereocenters. The number of benzene rings is 1. The Morgan fingerprint density at radius 1 is 1.17 bits per heavy atom. The minimum Gasteiger partial charge on any atom is -0.396 e. The SMILES string of the molecule is CC(O)c1nccn1C(/C=C/C1(OC2CCN(CCO)CC2)C=CC(c2ccccc2)=CC1)CCO. The first-order chi connectivity index (χ1) is 17.5. The second-order valence-electron chi connectivity index (χ2n) is 9.71. The molecule has 1 saturated heterocycles. The van der Waals surface area contributed by atoms with Crippen molar-refractivity contribution >= 4 is 5.57 Å². The third-order valence-electron chi connectivity index (χ3n) is 7.08. The number of imidazole rings is 1. The number of aliphatic hydroxyl groups excluding tert-OH is 3. The van der Waals surface area contributed by atoms with Gasteiger partial charge in [-0.05, 0) is 43.4 Å². The second-order valence-corrected chi connectivity index (χ2v) is 9.71. The highest BCUT2D eigenvalue weighted by atomic mass is 16.5. The normalized spacial score (nSPS) is 23.2. The molecule has 3 unspecified atom stereocenters.